The van der Waals surface area contributed by atoms with E-state index in [1.165, 1.54) is 6.20 Å². The molecule has 0 saturated heterocycles. The summed E-state index contributed by atoms with van der Waals surface area (Å²) in [7, 11) is 0. The molecule has 0 aliphatic carbocycles. The Labute approximate surface area is 364 Å². The number of unbranched alkanes of at least 4 members (excludes halogenated alkanes) is 2. The Hall–Kier alpha value is -5.81. The predicted octanol–water partition coefficient (Wildman–Crippen LogP) is 6.16. The molecule has 62 heavy (non-hydrogen) atoms. The summed E-state index contributed by atoms with van der Waals surface area (Å²) in [6, 6.07) is 27.9. The van der Waals surface area contributed by atoms with Gasteiger partial charge in [-0.25, -0.2) is 20.5 Å². The first-order valence-corrected chi connectivity index (χ1v) is 21.6. The van der Waals surface area contributed by atoms with Crippen molar-refractivity contribution in [2.24, 2.45) is 5.84 Å². The van der Waals surface area contributed by atoms with Crippen molar-refractivity contribution in [3.8, 4) is 28.3 Å². The van der Waals surface area contributed by atoms with Crippen LogP contribution in [0, 0.1) is 0 Å². The van der Waals surface area contributed by atoms with Crippen LogP contribution in [-0.2, 0) is 31.0 Å². The molecule has 5 aromatic rings. The third kappa shape index (κ3) is 16.6. The molecular formula is C46H62N10O6. The Kier molecular flexibility index (Phi) is 20.2. The van der Waals surface area contributed by atoms with Gasteiger partial charge in [-0.05, 0) is 84.7 Å². The number of hydrogen-bond acceptors (Lipinski definition) is 13. The maximum Gasteiger partial charge on any atom is 0.252 e. The zero-order chi connectivity index (χ0) is 43.7. The number of nitrogen functional groups attached to an aromatic ring is 1. The van der Waals surface area contributed by atoms with Gasteiger partial charge in [0.25, 0.3) is 5.91 Å². The van der Waals surface area contributed by atoms with Gasteiger partial charge in [0.05, 0.1) is 44.3 Å². The highest BCUT2D eigenvalue weighted by atomic mass is 16.5. The van der Waals surface area contributed by atoms with Crippen LogP contribution in [0.2, 0.25) is 0 Å². The summed E-state index contributed by atoms with van der Waals surface area (Å²) in [4.78, 5) is 33.4. The summed E-state index contributed by atoms with van der Waals surface area (Å²) in [5.41, 5.74) is 6.78. The molecule has 5 rings (SSSR count). The van der Waals surface area contributed by atoms with E-state index < -0.39 is 0 Å². The van der Waals surface area contributed by atoms with Crippen LogP contribution in [0.25, 0.3) is 22.4 Å². The number of ether oxygens (including phenoxy) is 4. The van der Waals surface area contributed by atoms with Gasteiger partial charge >= 0.3 is 0 Å². The smallest absolute Gasteiger partial charge is 0.252 e. The molecule has 0 fully saturated rings. The van der Waals surface area contributed by atoms with E-state index in [1.54, 1.807) is 12.1 Å². The lowest BCUT2D eigenvalue weighted by Gasteiger charge is -2.23. The molecule has 0 radical (unpaired) electrons. The summed E-state index contributed by atoms with van der Waals surface area (Å²) in [5.74, 6) is 7.08. The van der Waals surface area contributed by atoms with E-state index in [1.807, 2.05) is 47.1 Å². The number of amides is 2. The van der Waals surface area contributed by atoms with Crippen molar-refractivity contribution in [3.05, 3.63) is 103 Å². The van der Waals surface area contributed by atoms with Gasteiger partial charge in [0.2, 0.25) is 11.8 Å². The number of pyridine rings is 2. The van der Waals surface area contributed by atoms with E-state index in [0.717, 1.165) is 66.7 Å². The van der Waals surface area contributed by atoms with Crippen LogP contribution in [0.5, 0.6) is 5.88 Å². The lowest BCUT2D eigenvalue weighted by molar-refractivity contribution is -0.121. The molecule has 0 aliphatic rings. The number of nitrogens with two attached hydrogens (primary N) is 1. The normalized spacial score (nSPS) is 11.3. The Morgan fingerprint density at radius 1 is 0.710 bits per heavy atom. The highest BCUT2D eigenvalue weighted by Crippen LogP contribution is 2.30. The second-order valence-electron chi connectivity index (χ2n) is 15.4. The van der Waals surface area contributed by atoms with Gasteiger partial charge in [-0.1, -0.05) is 74.5 Å². The number of hydrogen-bond donors (Lipinski definition) is 4. The van der Waals surface area contributed by atoms with E-state index in [0.29, 0.717) is 96.0 Å². The Balaban J connectivity index is 0.855. The van der Waals surface area contributed by atoms with Gasteiger partial charge in [0.1, 0.15) is 5.82 Å². The van der Waals surface area contributed by atoms with E-state index in [-0.39, 0.29) is 17.2 Å². The third-order valence-corrected chi connectivity index (χ3v) is 10.0. The molecule has 0 saturated carbocycles. The molecule has 3 aromatic heterocycles. The van der Waals surface area contributed by atoms with Crippen LogP contribution in [0.1, 0.15) is 81.4 Å². The van der Waals surface area contributed by atoms with Gasteiger partial charge in [-0.2, -0.15) is 0 Å². The largest absolute Gasteiger partial charge is 0.478 e. The first kappa shape index (κ1) is 47.2. The lowest BCUT2D eigenvalue weighted by Crippen LogP contribution is -2.26. The van der Waals surface area contributed by atoms with E-state index in [4.69, 9.17) is 29.8 Å². The number of anilines is 1. The van der Waals surface area contributed by atoms with Crippen LogP contribution in [0.3, 0.4) is 0 Å². The zero-order valence-electron chi connectivity index (χ0n) is 36.1. The highest BCUT2D eigenvalue weighted by Gasteiger charge is 2.27. The Morgan fingerprint density at radius 3 is 2.06 bits per heavy atom. The number of nitrogens with zero attached hydrogens (tertiary/aromatic N) is 6. The molecule has 0 aliphatic heterocycles. The van der Waals surface area contributed by atoms with Crippen molar-refractivity contribution >= 4 is 17.6 Å². The second kappa shape index (κ2) is 26.5. The number of hydrazine groups is 1. The number of aryl methyl sites for hydroxylation is 1. The quantitative estimate of drug-likeness (QED) is 0.0233. The topological polar surface area (TPSA) is 203 Å². The minimum absolute atomic E-state index is 0.0289. The highest BCUT2D eigenvalue weighted by molar-refractivity contribution is 5.94. The average molecular weight is 851 g/mol. The fourth-order valence-corrected chi connectivity index (χ4v) is 6.60. The predicted molar refractivity (Wildman–Crippen MR) is 238 cm³/mol. The number of tetrazole rings is 1. The summed E-state index contributed by atoms with van der Waals surface area (Å²) < 4.78 is 24.8. The van der Waals surface area contributed by atoms with Crippen molar-refractivity contribution in [2.75, 3.05) is 64.8 Å². The molecule has 2 amide bonds. The first-order valence-electron chi connectivity index (χ1n) is 21.6. The number of carbonyl (C=O) groups is 2. The maximum atomic E-state index is 12.4. The number of benzene rings is 2. The molecule has 0 bridgehead atoms. The Bertz CT molecular complexity index is 1980. The minimum atomic E-state index is -0.227. The molecule has 2 aromatic carbocycles. The first-order chi connectivity index (χ1) is 30.3. The van der Waals surface area contributed by atoms with Crippen LogP contribution >= 0.6 is 0 Å². The van der Waals surface area contributed by atoms with Crippen molar-refractivity contribution in [3.63, 3.8) is 0 Å². The van der Waals surface area contributed by atoms with Gasteiger partial charge in [-0.3, -0.25) is 9.59 Å². The minimum Gasteiger partial charge on any atom is -0.478 e. The van der Waals surface area contributed by atoms with Crippen molar-refractivity contribution < 1.29 is 28.5 Å². The monoisotopic (exact) mass is 850 g/mol. The Morgan fingerprint density at radius 2 is 1.39 bits per heavy atom. The summed E-state index contributed by atoms with van der Waals surface area (Å²) >= 11 is 0. The molecule has 5 N–H and O–H groups in total. The second-order valence-corrected chi connectivity index (χ2v) is 15.4. The average Bonchev–Trinajstić information content (AvgIpc) is 3.79. The number of nitrogens with one attached hydrogen (secondary N) is 3. The van der Waals surface area contributed by atoms with Crippen LogP contribution in [0.15, 0.2) is 91.1 Å². The number of rotatable bonds is 30. The van der Waals surface area contributed by atoms with Gasteiger partial charge in [-0.15, -0.1) is 5.10 Å². The number of aromatic nitrogens is 6. The molecule has 0 spiro atoms. The van der Waals surface area contributed by atoms with E-state index >= 15 is 0 Å². The maximum absolute atomic E-state index is 12.4. The standard InChI is InChI=1S/C46H62N10O6/c1-46(2,22-10-12-28-62-43-34-39(36-15-5-3-6-16-36)33-40(51-43)37-17-7-4-8-18-37)45-53-54-55-56(45)25-11-9-19-42(57)48-23-13-26-59-29-31-61-32-30-60-27-14-24-49-44(58)38-20-21-41(52-47)50-35-38/h3-8,15-18,20-21,33-35H,9-14,19,22-32,47H2,1-2H3,(H,48,57)(H,49,58)(H,50,52). The van der Waals surface area contributed by atoms with Crippen LogP contribution < -0.4 is 26.6 Å². The third-order valence-electron chi connectivity index (χ3n) is 10.0. The van der Waals surface area contributed by atoms with Crippen molar-refractivity contribution in [1.82, 2.24) is 40.8 Å². The molecule has 16 heteroatoms. The fraction of sp³-hybridized carbons (Fsp3) is 0.457. The SMILES string of the molecule is CC(C)(CCCCOc1cc(-c2ccccc2)cc(-c2ccccc2)n1)c1nnnn1CCCCC(=O)NCCCOCCOCCOCCCNC(=O)c1ccc(NN)nc1. The van der Waals surface area contributed by atoms with E-state index in [9.17, 15) is 9.59 Å². The summed E-state index contributed by atoms with van der Waals surface area (Å²) in [6.45, 7) is 9.52. The summed E-state index contributed by atoms with van der Waals surface area (Å²) in [5, 5.41) is 18.4. The molecule has 3 heterocycles. The van der Waals surface area contributed by atoms with Crippen molar-refractivity contribution in [2.45, 2.75) is 77.2 Å². The van der Waals surface area contributed by atoms with Crippen LogP contribution in [0.4, 0.5) is 5.82 Å². The number of carbonyl (C=O) groups excluding carboxylic acids is 2. The molecule has 332 valence electrons. The van der Waals surface area contributed by atoms with Gasteiger partial charge in [0, 0.05) is 62.5 Å². The van der Waals surface area contributed by atoms with Gasteiger partial charge < -0.3 is 35.0 Å². The lowest BCUT2D eigenvalue weighted by atomic mass is 9.86. The zero-order valence-corrected chi connectivity index (χ0v) is 36.1. The molecule has 16 nitrogen and oxygen atoms in total. The molecule has 0 atom stereocenters. The summed E-state index contributed by atoms with van der Waals surface area (Å²) in [6.07, 6.45) is 7.56. The molecular weight excluding hydrogens is 789 g/mol. The fourth-order valence-electron chi connectivity index (χ4n) is 6.60. The van der Waals surface area contributed by atoms with Gasteiger partial charge in [0.15, 0.2) is 5.82 Å². The molecule has 0 unspecified atom stereocenters. The van der Waals surface area contributed by atoms with Crippen molar-refractivity contribution in [1.29, 1.82) is 0 Å². The van der Waals surface area contributed by atoms with E-state index in [2.05, 4.69) is 80.7 Å². The van der Waals surface area contributed by atoms with Crippen LogP contribution in [-0.4, -0.2) is 101 Å².